The molecule has 0 spiro atoms. The molecule has 6 nitrogen and oxygen atoms in total. The Morgan fingerprint density at radius 3 is 2.32 bits per heavy atom. The van der Waals surface area contributed by atoms with Gasteiger partial charge >= 0.3 is 6.09 Å². The van der Waals surface area contributed by atoms with Gasteiger partial charge in [-0.1, -0.05) is 24.3 Å². The minimum Gasteiger partial charge on any atom is -0.497 e. The number of carbonyl (C=O) groups is 1. The summed E-state index contributed by atoms with van der Waals surface area (Å²) in [6.45, 7) is 5.23. The van der Waals surface area contributed by atoms with Gasteiger partial charge in [-0.15, -0.1) is 0 Å². The highest BCUT2D eigenvalue weighted by molar-refractivity contribution is 5.70. The first-order chi connectivity index (χ1) is 13.5. The van der Waals surface area contributed by atoms with Gasteiger partial charge in [0.1, 0.15) is 17.6 Å². The van der Waals surface area contributed by atoms with Crippen molar-refractivity contribution >= 4 is 6.09 Å². The molecule has 1 fully saturated rings. The number of hydrogen-bond donors (Lipinski definition) is 1. The highest BCUT2D eigenvalue weighted by atomic mass is 16.6. The third-order valence-electron chi connectivity index (χ3n) is 5.19. The molecule has 3 atom stereocenters. The van der Waals surface area contributed by atoms with Crippen LogP contribution in [0.2, 0.25) is 0 Å². The summed E-state index contributed by atoms with van der Waals surface area (Å²) in [5.41, 5.74) is 2.15. The van der Waals surface area contributed by atoms with Crippen LogP contribution in [-0.4, -0.2) is 44.4 Å². The van der Waals surface area contributed by atoms with Crippen LogP contribution in [0.15, 0.2) is 48.5 Å². The molecule has 6 heteroatoms. The van der Waals surface area contributed by atoms with E-state index in [4.69, 9.17) is 14.2 Å². The Bertz CT molecular complexity index is 811. The maximum atomic E-state index is 12.4. The van der Waals surface area contributed by atoms with E-state index in [1.807, 2.05) is 49.4 Å². The van der Waals surface area contributed by atoms with E-state index in [2.05, 4.69) is 18.3 Å². The summed E-state index contributed by atoms with van der Waals surface area (Å²) in [6.07, 6.45) is -0.468. The summed E-state index contributed by atoms with van der Waals surface area (Å²) in [5, 5.41) is 3.45. The van der Waals surface area contributed by atoms with Gasteiger partial charge in [0.15, 0.2) is 0 Å². The smallest absolute Gasteiger partial charge is 0.410 e. The monoisotopic (exact) mass is 384 g/mol. The van der Waals surface area contributed by atoms with Gasteiger partial charge in [0.2, 0.25) is 0 Å². The molecule has 1 amide bonds. The second kappa shape index (κ2) is 8.97. The molecule has 2 aromatic carbocycles. The average molecular weight is 384 g/mol. The van der Waals surface area contributed by atoms with Gasteiger partial charge in [-0.05, 0) is 49.2 Å². The molecule has 1 aliphatic rings. The third-order valence-corrected chi connectivity index (χ3v) is 5.19. The van der Waals surface area contributed by atoms with Gasteiger partial charge < -0.3 is 19.5 Å². The fraction of sp³-hybridized carbons (Fsp3) is 0.409. The molecular formula is C22H28N2O4. The van der Waals surface area contributed by atoms with Crippen molar-refractivity contribution in [1.82, 2.24) is 10.2 Å². The minimum atomic E-state index is -0.281. The lowest BCUT2D eigenvalue weighted by Crippen LogP contribution is -2.33. The van der Waals surface area contributed by atoms with Crippen molar-refractivity contribution in [2.75, 3.05) is 27.3 Å². The molecule has 3 unspecified atom stereocenters. The van der Waals surface area contributed by atoms with Gasteiger partial charge in [-0.3, -0.25) is 4.90 Å². The lowest BCUT2D eigenvalue weighted by Gasteiger charge is -2.23. The van der Waals surface area contributed by atoms with Crippen molar-refractivity contribution in [3.8, 4) is 11.5 Å². The number of benzene rings is 2. The number of hydrogen-bond acceptors (Lipinski definition) is 5. The summed E-state index contributed by atoms with van der Waals surface area (Å²) < 4.78 is 16.1. The molecule has 0 aliphatic carbocycles. The van der Waals surface area contributed by atoms with Crippen molar-refractivity contribution in [3.05, 3.63) is 59.7 Å². The topological polar surface area (TPSA) is 60.0 Å². The fourth-order valence-corrected chi connectivity index (χ4v) is 3.38. The van der Waals surface area contributed by atoms with Gasteiger partial charge in [-0.25, -0.2) is 4.79 Å². The highest BCUT2D eigenvalue weighted by Crippen LogP contribution is 2.28. The highest BCUT2D eigenvalue weighted by Gasteiger charge is 2.35. The van der Waals surface area contributed by atoms with Crippen molar-refractivity contribution in [2.45, 2.75) is 32.0 Å². The lowest BCUT2D eigenvalue weighted by atomic mass is 10.1. The zero-order valence-corrected chi connectivity index (χ0v) is 16.8. The minimum absolute atomic E-state index is 0.0802. The fourth-order valence-electron chi connectivity index (χ4n) is 3.38. The number of cyclic esters (lactones) is 1. The molecule has 2 aromatic rings. The summed E-state index contributed by atoms with van der Waals surface area (Å²) in [4.78, 5) is 14.1. The summed E-state index contributed by atoms with van der Waals surface area (Å²) in [7, 11) is 3.30. The van der Waals surface area contributed by atoms with E-state index in [0.29, 0.717) is 13.1 Å². The zero-order chi connectivity index (χ0) is 20.1. The largest absolute Gasteiger partial charge is 0.497 e. The van der Waals surface area contributed by atoms with Gasteiger partial charge in [0, 0.05) is 12.6 Å². The van der Waals surface area contributed by atoms with Crippen LogP contribution in [0.5, 0.6) is 11.5 Å². The van der Waals surface area contributed by atoms with Crippen molar-refractivity contribution in [2.24, 2.45) is 0 Å². The Balaban J connectivity index is 1.58. The molecular weight excluding hydrogens is 356 g/mol. The van der Waals surface area contributed by atoms with Crippen LogP contribution >= 0.6 is 0 Å². The predicted molar refractivity (Wildman–Crippen MR) is 108 cm³/mol. The van der Waals surface area contributed by atoms with Crippen LogP contribution in [0.1, 0.15) is 37.1 Å². The van der Waals surface area contributed by atoms with Crippen LogP contribution in [-0.2, 0) is 4.74 Å². The molecule has 150 valence electrons. The molecule has 0 saturated carbocycles. The Kier molecular flexibility index (Phi) is 6.41. The Morgan fingerprint density at radius 2 is 1.68 bits per heavy atom. The second-order valence-corrected chi connectivity index (χ2v) is 7.02. The van der Waals surface area contributed by atoms with E-state index in [1.165, 1.54) is 0 Å². The molecule has 1 aliphatic heterocycles. The number of ether oxygens (including phenoxy) is 3. The van der Waals surface area contributed by atoms with Crippen molar-refractivity contribution in [3.63, 3.8) is 0 Å². The molecule has 28 heavy (non-hydrogen) atoms. The lowest BCUT2D eigenvalue weighted by molar-refractivity contribution is 0.127. The molecule has 0 bridgehead atoms. The number of carbonyl (C=O) groups excluding carboxylic acids is 1. The second-order valence-electron chi connectivity index (χ2n) is 7.02. The van der Waals surface area contributed by atoms with Crippen LogP contribution in [0.3, 0.4) is 0 Å². The SMILES string of the molecule is COc1cccc(C(C)NCC2CN(C(C)c3cccc(OC)c3)C(=O)O2)c1. The van der Waals surface area contributed by atoms with Crippen molar-refractivity contribution in [1.29, 1.82) is 0 Å². The molecule has 1 N–H and O–H groups in total. The first-order valence-corrected chi connectivity index (χ1v) is 9.50. The van der Waals surface area contributed by atoms with Gasteiger partial charge in [0.25, 0.3) is 0 Å². The third kappa shape index (κ3) is 4.57. The number of nitrogens with one attached hydrogen (secondary N) is 1. The molecule has 0 aromatic heterocycles. The standard InChI is InChI=1S/C22H28N2O4/c1-15(17-7-5-9-19(11-17)26-3)23-13-21-14-24(22(25)28-21)16(2)18-8-6-10-20(12-18)27-4/h5-12,15-16,21,23H,13-14H2,1-4H3. The summed E-state index contributed by atoms with van der Waals surface area (Å²) in [6, 6.07) is 15.8. The van der Waals surface area contributed by atoms with Gasteiger partial charge in [0.05, 0.1) is 26.8 Å². The predicted octanol–water partition coefficient (Wildman–Crippen LogP) is 3.94. The van der Waals surface area contributed by atoms with E-state index in [1.54, 1.807) is 19.1 Å². The normalized spacial score (nSPS) is 18.5. The average Bonchev–Trinajstić information content (AvgIpc) is 3.11. The Labute approximate surface area is 166 Å². The van der Waals surface area contributed by atoms with E-state index in [-0.39, 0.29) is 24.3 Å². The quantitative estimate of drug-likeness (QED) is 0.747. The number of nitrogens with zero attached hydrogens (tertiary/aromatic N) is 1. The molecule has 0 radical (unpaired) electrons. The zero-order valence-electron chi connectivity index (χ0n) is 16.8. The maximum Gasteiger partial charge on any atom is 0.410 e. The number of amides is 1. The van der Waals surface area contributed by atoms with E-state index in [9.17, 15) is 4.79 Å². The maximum absolute atomic E-state index is 12.4. The van der Waals surface area contributed by atoms with Crippen LogP contribution in [0.4, 0.5) is 4.79 Å². The summed E-state index contributed by atoms with van der Waals surface area (Å²) in [5.74, 6) is 1.61. The van der Waals surface area contributed by atoms with Crippen LogP contribution < -0.4 is 14.8 Å². The summed E-state index contributed by atoms with van der Waals surface area (Å²) >= 11 is 0. The van der Waals surface area contributed by atoms with E-state index in [0.717, 1.165) is 22.6 Å². The molecule has 1 saturated heterocycles. The van der Waals surface area contributed by atoms with E-state index < -0.39 is 0 Å². The first-order valence-electron chi connectivity index (χ1n) is 9.50. The Hall–Kier alpha value is -2.73. The number of methoxy groups -OCH3 is 2. The van der Waals surface area contributed by atoms with Crippen molar-refractivity contribution < 1.29 is 19.0 Å². The molecule has 3 rings (SSSR count). The van der Waals surface area contributed by atoms with Crippen LogP contribution in [0.25, 0.3) is 0 Å². The Morgan fingerprint density at radius 1 is 1.07 bits per heavy atom. The molecule has 1 heterocycles. The first kappa shape index (κ1) is 20.0. The van der Waals surface area contributed by atoms with E-state index >= 15 is 0 Å². The van der Waals surface area contributed by atoms with Crippen LogP contribution in [0, 0.1) is 0 Å². The van der Waals surface area contributed by atoms with Gasteiger partial charge in [-0.2, -0.15) is 0 Å². The number of rotatable bonds is 8.